The number of aromatic nitrogens is 1. The minimum atomic E-state index is -3.44. The lowest BCUT2D eigenvalue weighted by atomic mass is 10.2. The smallest absolute Gasteiger partial charge is 0.243 e. The van der Waals surface area contributed by atoms with E-state index in [2.05, 4.69) is 14.9 Å². The number of hydrogen-bond donors (Lipinski definition) is 1. The topological polar surface area (TPSA) is 68.8 Å². The first kappa shape index (κ1) is 17.9. The van der Waals surface area contributed by atoms with Gasteiger partial charge in [0.15, 0.2) is 0 Å². The van der Waals surface area contributed by atoms with Crippen molar-refractivity contribution in [3.8, 4) is 0 Å². The second kappa shape index (κ2) is 7.26. The molecule has 0 spiro atoms. The predicted octanol–water partition coefficient (Wildman–Crippen LogP) is 2.85. The number of hydrogen-bond acceptors (Lipinski definition) is 4. The van der Waals surface area contributed by atoms with Crippen molar-refractivity contribution in [1.29, 1.82) is 0 Å². The Hall–Kier alpha value is -2.48. The summed E-state index contributed by atoms with van der Waals surface area (Å²) < 4.78 is 27.1. The van der Waals surface area contributed by atoms with Crippen LogP contribution in [0.3, 0.4) is 0 Å². The minimum Gasteiger partial charge on any atom is -0.361 e. The average molecular weight is 382 g/mol. The third-order valence-corrected chi connectivity index (χ3v) is 6.82. The van der Waals surface area contributed by atoms with Gasteiger partial charge in [-0.15, -0.1) is 0 Å². The monoisotopic (exact) mass is 382 g/mol. The number of aliphatic imine (C=N–C) groups is 1. The molecule has 1 aliphatic rings. The molecule has 140 valence electrons. The summed E-state index contributed by atoms with van der Waals surface area (Å²) in [4.78, 5) is 10.1. The van der Waals surface area contributed by atoms with Gasteiger partial charge in [-0.2, -0.15) is 4.31 Å². The molecule has 0 unspecified atom stereocenters. The van der Waals surface area contributed by atoms with Crippen LogP contribution in [-0.2, 0) is 10.0 Å². The number of benzene rings is 2. The minimum absolute atomic E-state index is 0.318. The molecule has 4 rings (SSSR count). The molecule has 0 aliphatic carbocycles. The number of aromatic amines is 1. The number of fused-ring (bicyclic) bond motifs is 1. The Morgan fingerprint density at radius 1 is 1.00 bits per heavy atom. The van der Waals surface area contributed by atoms with Crippen molar-refractivity contribution in [1.82, 2.24) is 14.2 Å². The van der Waals surface area contributed by atoms with Gasteiger partial charge in [-0.05, 0) is 37.4 Å². The van der Waals surface area contributed by atoms with Crippen LogP contribution in [0.15, 0.2) is 64.6 Å². The Kier molecular flexibility index (Phi) is 4.82. The van der Waals surface area contributed by atoms with E-state index in [4.69, 9.17) is 0 Å². The second-order valence-electron chi connectivity index (χ2n) is 6.75. The Morgan fingerprint density at radius 2 is 1.70 bits per heavy atom. The van der Waals surface area contributed by atoms with Crippen molar-refractivity contribution in [2.75, 3.05) is 33.2 Å². The molecule has 2 heterocycles. The van der Waals surface area contributed by atoms with E-state index >= 15 is 0 Å². The molecule has 0 atom stereocenters. The van der Waals surface area contributed by atoms with Crippen molar-refractivity contribution >= 4 is 32.8 Å². The molecule has 1 N–H and O–H groups in total. The van der Waals surface area contributed by atoms with Gasteiger partial charge >= 0.3 is 0 Å². The summed E-state index contributed by atoms with van der Waals surface area (Å²) in [6, 6.07) is 14.8. The molecular formula is C20H22N4O2S. The highest BCUT2D eigenvalue weighted by molar-refractivity contribution is 7.89. The van der Waals surface area contributed by atoms with Gasteiger partial charge in [0.1, 0.15) is 0 Å². The summed E-state index contributed by atoms with van der Waals surface area (Å²) in [5.74, 6) is 0. The fourth-order valence-electron chi connectivity index (χ4n) is 3.23. The highest BCUT2D eigenvalue weighted by atomic mass is 32.2. The third-order valence-electron chi connectivity index (χ3n) is 4.91. The molecule has 7 heteroatoms. The zero-order chi connectivity index (χ0) is 18.9. The van der Waals surface area contributed by atoms with E-state index in [1.807, 2.05) is 37.5 Å². The number of nitrogens with one attached hydrogen (secondary N) is 1. The maximum absolute atomic E-state index is 12.8. The number of sulfonamides is 1. The number of rotatable bonds is 4. The molecular weight excluding hydrogens is 360 g/mol. The normalized spacial score (nSPS) is 17.1. The van der Waals surface area contributed by atoms with Crippen LogP contribution in [0.4, 0.5) is 5.69 Å². The van der Waals surface area contributed by atoms with Gasteiger partial charge in [0, 0.05) is 55.1 Å². The first-order valence-electron chi connectivity index (χ1n) is 8.93. The largest absolute Gasteiger partial charge is 0.361 e. The summed E-state index contributed by atoms with van der Waals surface area (Å²) in [7, 11) is -1.43. The lowest BCUT2D eigenvalue weighted by Gasteiger charge is -2.31. The SMILES string of the molecule is CN1CCN(S(=O)(=O)c2ccc(N=Cc3c[nH]c4ccccc34)cc2)CC1. The summed E-state index contributed by atoms with van der Waals surface area (Å²) in [5.41, 5.74) is 2.78. The van der Waals surface area contributed by atoms with Crippen LogP contribution in [0.2, 0.25) is 0 Å². The van der Waals surface area contributed by atoms with Gasteiger partial charge in [0.2, 0.25) is 10.0 Å². The standard InChI is InChI=1S/C20H22N4O2S/c1-23-10-12-24(13-11-23)27(25,26)18-8-6-17(7-9-18)21-14-16-15-22-20-5-3-2-4-19(16)20/h2-9,14-15,22H,10-13H2,1H3. The molecule has 1 aromatic heterocycles. The van der Waals surface area contributed by atoms with Gasteiger partial charge in [-0.1, -0.05) is 18.2 Å². The van der Waals surface area contributed by atoms with Crippen molar-refractivity contribution in [2.45, 2.75) is 4.90 Å². The maximum Gasteiger partial charge on any atom is 0.243 e. The van der Waals surface area contributed by atoms with E-state index in [0.717, 1.165) is 35.2 Å². The van der Waals surface area contributed by atoms with Crippen molar-refractivity contribution in [3.05, 3.63) is 60.3 Å². The van der Waals surface area contributed by atoms with Gasteiger partial charge in [0.25, 0.3) is 0 Å². The van der Waals surface area contributed by atoms with Crippen LogP contribution >= 0.6 is 0 Å². The molecule has 1 fully saturated rings. The van der Waals surface area contributed by atoms with Gasteiger partial charge < -0.3 is 9.88 Å². The predicted molar refractivity (Wildman–Crippen MR) is 108 cm³/mol. The summed E-state index contributed by atoms with van der Waals surface area (Å²) >= 11 is 0. The van der Waals surface area contributed by atoms with Gasteiger partial charge in [0.05, 0.1) is 10.6 Å². The lowest BCUT2D eigenvalue weighted by Crippen LogP contribution is -2.46. The Morgan fingerprint density at radius 3 is 2.44 bits per heavy atom. The molecule has 0 radical (unpaired) electrons. The Labute approximate surface area is 159 Å². The van der Waals surface area contributed by atoms with Crippen LogP contribution < -0.4 is 0 Å². The maximum atomic E-state index is 12.8. The highest BCUT2D eigenvalue weighted by Crippen LogP contribution is 2.22. The van der Waals surface area contributed by atoms with E-state index in [9.17, 15) is 8.42 Å². The van der Waals surface area contributed by atoms with Crippen molar-refractivity contribution in [3.63, 3.8) is 0 Å². The molecule has 2 aromatic carbocycles. The fraction of sp³-hybridized carbons (Fsp3) is 0.250. The number of piperazine rings is 1. The number of H-pyrrole nitrogens is 1. The Balaban J connectivity index is 1.52. The van der Waals surface area contributed by atoms with Crippen molar-refractivity contribution < 1.29 is 8.42 Å². The average Bonchev–Trinajstić information content (AvgIpc) is 3.10. The summed E-state index contributed by atoms with van der Waals surface area (Å²) in [6.07, 6.45) is 3.71. The van der Waals surface area contributed by atoms with Crippen molar-refractivity contribution in [2.24, 2.45) is 4.99 Å². The van der Waals surface area contributed by atoms with E-state index in [1.165, 1.54) is 0 Å². The van der Waals surface area contributed by atoms with E-state index in [-0.39, 0.29) is 0 Å². The highest BCUT2D eigenvalue weighted by Gasteiger charge is 2.27. The lowest BCUT2D eigenvalue weighted by molar-refractivity contribution is 0.222. The summed E-state index contributed by atoms with van der Waals surface area (Å²) in [6.45, 7) is 2.57. The zero-order valence-electron chi connectivity index (χ0n) is 15.2. The van der Waals surface area contributed by atoms with Gasteiger partial charge in [-0.25, -0.2) is 8.42 Å². The van der Waals surface area contributed by atoms with E-state index < -0.39 is 10.0 Å². The first-order valence-corrected chi connectivity index (χ1v) is 10.4. The van der Waals surface area contributed by atoms with Crippen LogP contribution in [0.1, 0.15) is 5.56 Å². The number of para-hydroxylation sites is 1. The number of nitrogens with zero attached hydrogens (tertiary/aromatic N) is 3. The molecule has 1 saturated heterocycles. The van der Waals surface area contributed by atoms with Gasteiger partial charge in [-0.3, -0.25) is 4.99 Å². The molecule has 0 saturated carbocycles. The molecule has 3 aromatic rings. The molecule has 1 aliphatic heterocycles. The zero-order valence-corrected chi connectivity index (χ0v) is 16.0. The molecule has 0 amide bonds. The van der Waals surface area contributed by atoms with Crippen LogP contribution in [-0.4, -0.2) is 62.0 Å². The molecule has 27 heavy (non-hydrogen) atoms. The first-order chi connectivity index (χ1) is 13.0. The summed E-state index contributed by atoms with van der Waals surface area (Å²) in [5, 5.41) is 1.11. The molecule has 0 bridgehead atoms. The fourth-order valence-corrected chi connectivity index (χ4v) is 4.65. The van der Waals surface area contributed by atoms with E-state index in [0.29, 0.717) is 18.0 Å². The third kappa shape index (κ3) is 3.66. The Bertz CT molecular complexity index is 1060. The van der Waals surface area contributed by atoms with Crippen LogP contribution in [0.5, 0.6) is 0 Å². The number of likely N-dealkylation sites (N-methyl/N-ethyl adjacent to an activating group) is 1. The second-order valence-corrected chi connectivity index (χ2v) is 8.69. The van der Waals surface area contributed by atoms with Crippen LogP contribution in [0, 0.1) is 0 Å². The quantitative estimate of drug-likeness (QED) is 0.706. The van der Waals surface area contributed by atoms with Crippen LogP contribution in [0.25, 0.3) is 10.9 Å². The van der Waals surface area contributed by atoms with E-state index in [1.54, 1.807) is 34.8 Å². The molecule has 6 nitrogen and oxygen atoms in total.